The van der Waals surface area contributed by atoms with E-state index in [9.17, 15) is 27.1 Å². The molecule has 0 spiro atoms. The number of hydrogen-bond acceptors (Lipinski definition) is 6. The molecule has 2 aromatic carbocycles. The average Bonchev–Trinajstić information content (AvgIpc) is 3.47. The summed E-state index contributed by atoms with van der Waals surface area (Å²) in [5.74, 6) is -1.97. The minimum absolute atomic E-state index is 0.138. The molecule has 0 aliphatic rings. The van der Waals surface area contributed by atoms with Gasteiger partial charge in [0.05, 0.1) is 35.3 Å². The van der Waals surface area contributed by atoms with E-state index in [0.29, 0.717) is 17.0 Å². The number of benzene rings is 2. The summed E-state index contributed by atoms with van der Waals surface area (Å²) < 4.78 is 58.4. The molecule has 1 atom stereocenters. The second-order valence-electron chi connectivity index (χ2n) is 7.92. The largest absolute Gasteiger partial charge is 0.449 e. The van der Waals surface area contributed by atoms with E-state index in [4.69, 9.17) is 4.42 Å². The summed E-state index contributed by atoms with van der Waals surface area (Å²) in [5.41, 5.74) is 1.29. The van der Waals surface area contributed by atoms with Crippen LogP contribution in [0.25, 0.3) is 22.7 Å². The Bertz CT molecular complexity index is 1490. The van der Waals surface area contributed by atoms with Crippen LogP contribution in [0.2, 0.25) is 0 Å². The molecule has 0 saturated carbocycles. The third-order valence-corrected chi connectivity index (χ3v) is 6.44. The Morgan fingerprint density at radius 3 is 2.49 bits per heavy atom. The Hall–Kier alpha value is -3.83. The molecule has 0 aliphatic heterocycles. The first-order valence-electron chi connectivity index (χ1n) is 10.4. The van der Waals surface area contributed by atoms with Crippen molar-refractivity contribution in [3.05, 3.63) is 78.3 Å². The Labute approximate surface area is 199 Å². The second-order valence-corrected chi connectivity index (χ2v) is 9.94. The number of hydrogen-bond donors (Lipinski definition) is 2. The number of anilines is 1. The lowest BCUT2D eigenvalue weighted by Gasteiger charge is -2.14. The van der Waals surface area contributed by atoms with E-state index in [-0.39, 0.29) is 34.8 Å². The van der Waals surface area contributed by atoms with Gasteiger partial charge < -0.3 is 19.4 Å². The third kappa shape index (κ3) is 5.00. The van der Waals surface area contributed by atoms with E-state index >= 15 is 0 Å². The highest BCUT2D eigenvalue weighted by atomic mass is 32.2. The first-order chi connectivity index (χ1) is 16.6. The number of halogens is 2. The van der Waals surface area contributed by atoms with Crippen LogP contribution in [0.1, 0.15) is 23.5 Å². The molecule has 0 saturated heterocycles. The first kappa shape index (κ1) is 24.3. The number of sulfone groups is 1. The molecule has 0 bridgehead atoms. The standard InChI is InChI=1S/C24H21F2N3O5S/c1-14(12-30)29-13-27-22(15-3-5-16(25)6-4-15)23(29)20-9-10-21(34-20)24(31)28-19-8-7-17(11-18(19)26)35(2,32)33/h3-11,13-14,30H,12H2,1-2H3,(H,28,31). The van der Waals surface area contributed by atoms with Crippen LogP contribution >= 0.6 is 0 Å². The highest BCUT2D eigenvalue weighted by molar-refractivity contribution is 7.90. The van der Waals surface area contributed by atoms with Gasteiger partial charge in [-0.3, -0.25) is 4.79 Å². The van der Waals surface area contributed by atoms with E-state index in [0.717, 1.165) is 18.4 Å². The summed E-state index contributed by atoms with van der Waals surface area (Å²) >= 11 is 0. The van der Waals surface area contributed by atoms with Crippen molar-refractivity contribution >= 4 is 21.4 Å². The van der Waals surface area contributed by atoms with Crippen LogP contribution in [0.5, 0.6) is 0 Å². The molecule has 2 N–H and O–H groups in total. The van der Waals surface area contributed by atoms with Gasteiger partial charge in [0.15, 0.2) is 21.4 Å². The average molecular weight is 502 g/mol. The Morgan fingerprint density at radius 2 is 1.86 bits per heavy atom. The molecule has 4 rings (SSSR count). The maximum absolute atomic E-state index is 14.4. The predicted octanol–water partition coefficient (Wildman–Crippen LogP) is 4.30. The van der Waals surface area contributed by atoms with Crippen molar-refractivity contribution in [2.75, 3.05) is 18.2 Å². The fourth-order valence-electron chi connectivity index (χ4n) is 3.45. The van der Waals surface area contributed by atoms with Crippen molar-refractivity contribution in [2.24, 2.45) is 0 Å². The smallest absolute Gasteiger partial charge is 0.291 e. The highest BCUT2D eigenvalue weighted by Gasteiger charge is 2.23. The van der Waals surface area contributed by atoms with Crippen LogP contribution in [-0.2, 0) is 9.84 Å². The predicted molar refractivity (Wildman–Crippen MR) is 125 cm³/mol. The zero-order chi connectivity index (χ0) is 25.3. The normalized spacial score (nSPS) is 12.5. The molecule has 2 heterocycles. The summed E-state index contributed by atoms with van der Waals surface area (Å²) in [6.07, 6.45) is 2.46. The van der Waals surface area contributed by atoms with Crippen molar-refractivity contribution in [3.8, 4) is 22.7 Å². The zero-order valence-electron chi connectivity index (χ0n) is 18.7. The van der Waals surface area contributed by atoms with E-state index < -0.39 is 27.4 Å². The number of rotatable bonds is 7. The van der Waals surface area contributed by atoms with E-state index in [1.807, 2.05) is 0 Å². The lowest BCUT2D eigenvalue weighted by Crippen LogP contribution is -2.12. The van der Waals surface area contributed by atoms with Crippen LogP contribution in [0.4, 0.5) is 14.5 Å². The molecular weight excluding hydrogens is 480 g/mol. The third-order valence-electron chi connectivity index (χ3n) is 5.33. The van der Waals surface area contributed by atoms with Gasteiger partial charge in [-0.2, -0.15) is 0 Å². The molecule has 0 aliphatic carbocycles. The zero-order valence-corrected chi connectivity index (χ0v) is 19.5. The fourth-order valence-corrected chi connectivity index (χ4v) is 4.08. The molecule has 11 heteroatoms. The number of nitrogens with one attached hydrogen (secondary N) is 1. The number of furan rings is 1. The summed E-state index contributed by atoms with van der Waals surface area (Å²) in [6.45, 7) is 1.57. The minimum Gasteiger partial charge on any atom is -0.449 e. The lowest BCUT2D eigenvalue weighted by molar-refractivity contribution is 0.0997. The van der Waals surface area contributed by atoms with Gasteiger partial charge >= 0.3 is 0 Å². The number of carbonyl (C=O) groups is 1. The van der Waals surface area contributed by atoms with Gasteiger partial charge in [0.1, 0.15) is 17.3 Å². The Balaban J connectivity index is 1.67. The molecule has 8 nitrogen and oxygen atoms in total. The number of amides is 1. The van der Waals surface area contributed by atoms with Gasteiger partial charge in [0.25, 0.3) is 5.91 Å². The monoisotopic (exact) mass is 501 g/mol. The number of carbonyl (C=O) groups excluding carboxylic acids is 1. The maximum Gasteiger partial charge on any atom is 0.291 e. The summed E-state index contributed by atoms with van der Waals surface area (Å²) in [4.78, 5) is 16.9. The van der Waals surface area contributed by atoms with Crippen LogP contribution in [0, 0.1) is 11.6 Å². The molecule has 35 heavy (non-hydrogen) atoms. The summed E-state index contributed by atoms with van der Waals surface area (Å²) in [6, 6.07) is 11.4. The minimum atomic E-state index is -3.61. The van der Waals surface area contributed by atoms with Crippen LogP contribution < -0.4 is 5.32 Å². The number of aliphatic hydroxyl groups is 1. The molecule has 0 fully saturated rings. The van der Waals surface area contributed by atoms with Gasteiger partial charge in [-0.15, -0.1) is 0 Å². The quantitative estimate of drug-likeness (QED) is 0.390. The Morgan fingerprint density at radius 1 is 1.14 bits per heavy atom. The van der Waals surface area contributed by atoms with Crippen molar-refractivity contribution in [2.45, 2.75) is 17.9 Å². The second kappa shape index (κ2) is 9.43. The molecule has 1 amide bonds. The van der Waals surface area contributed by atoms with Crippen LogP contribution in [0.3, 0.4) is 0 Å². The van der Waals surface area contributed by atoms with Crippen molar-refractivity contribution in [1.82, 2.24) is 9.55 Å². The van der Waals surface area contributed by atoms with E-state index in [1.54, 1.807) is 23.6 Å². The fraction of sp³-hybridized carbons (Fsp3) is 0.167. The number of imidazole rings is 1. The van der Waals surface area contributed by atoms with Crippen molar-refractivity contribution < 1.29 is 31.5 Å². The molecule has 0 radical (unpaired) electrons. The highest BCUT2D eigenvalue weighted by Crippen LogP contribution is 2.34. The lowest BCUT2D eigenvalue weighted by atomic mass is 10.1. The summed E-state index contributed by atoms with van der Waals surface area (Å²) in [5, 5.41) is 12.0. The SMILES string of the molecule is CC(CO)n1cnc(-c2ccc(F)cc2)c1-c1ccc(C(=O)Nc2ccc(S(C)(=O)=O)cc2F)o1. The molecular formula is C24H21F2N3O5S. The number of aromatic nitrogens is 2. The van der Waals surface area contributed by atoms with Crippen molar-refractivity contribution in [3.63, 3.8) is 0 Å². The number of nitrogens with zero attached hydrogens (tertiary/aromatic N) is 2. The van der Waals surface area contributed by atoms with Gasteiger partial charge in [-0.25, -0.2) is 22.2 Å². The molecule has 1 unspecified atom stereocenters. The van der Waals surface area contributed by atoms with Gasteiger partial charge in [-0.1, -0.05) is 0 Å². The number of aliphatic hydroxyl groups excluding tert-OH is 1. The molecule has 182 valence electrons. The van der Waals surface area contributed by atoms with Gasteiger partial charge in [0.2, 0.25) is 0 Å². The van der Waals surface area contributed by atoms with Crippen LogP contribution in [0.15, 0.2) is 70.2 Å². The maximum atomic E-state index is 14.4. The molecule has 4 aromatic rings. The van der Waals surface area contributed by atoms with Crippen LogP contribution in [-0.4, -0.2) is 41.8 Å². The van der Waals surface area contributed by atoms with Gasteiger partial charge in [-0.05, 0) is 61.5 Å². The van der Waals surface area contributed by atoms with Crippen molar-refractivity contribution in [1.29, 1.82) is 0 Å². The first-order valence-corrected chi connectivity index (χ1v) is 12.3. The molecule has 2 aromatic heterocycles. The summed E-state index contributed by atoms with van der Waals surface area (Å²) in [7, 11) is -3.61. The van der Waals surface area contributed by atoms with Gasteiger partial charge in [0, 0.05) is 11.8 Å². The Kier molecular flexibility index (Phi) is 6.55. The van der Waals surface area contributed by atoms with E-state index in [2.05, 4.69) is 10.3 Å². The topological polar surface area (TPSA) is 114 Å². The van der Waals surface area contributed by atoms with E-state index in [1.165, 1.54) is 36.7 Å².